The number of anilines is 2. The smallest absolute Gasteiger partial charge is 0.319 e. The van der Waals surface area contributed by atoms with Crippen LogP contribution in [0.4, 0.5) is 16.2 Å². The molecule has 0 aromatic heterocycles. The van der Waals surface area contributed by atoms with Gasteiger partial charge in [0.25, 0.3) is 5.91 Å². The summed E-state index contributed by atoms with van der Waals surface area (Å²) in [5.41, 5.74) is 1.64. The van der Waals surface area contributed by atoms with Gasteiger partial charge in [0, 0.05) is 18.8 Å². The van der Waals surface area contributed by atoms with Crippen LogP contribution in [-0.2, 0) is 0 Å². The number of carbonyl (C=O) groups excluding carboxylic acids is 2. The van der Waals surface area contributed by atoms with Crippen LogP contribution in [0.15, 0.2) is 55.1 Å². The topological polar surface area (TPSA) is 70.7 Å². The van der Waals surface area contributed by atoms with E-state index in [1.54, 1.807) is 29.2 Å². The monoisotopic (exact) mass is 337 g/mol. The lowest BCUT2D eigenvalue weighted by atomic mass is 10.1. The number of hydrogen-bond acceptors (Lipinski definition) is 3. The van der Waals surface area contributed by atoms with E-state index in [0.29, 0.717) is 35.8 Å². The molecule has 2 N–H and O–H groups in total. The number of ether oxygens (including phenoxy) is 1. The highest BCUT2D eigenvalue weighted by molar-refractivity contribution is 6.10. The molecule has 0 spiro atoms. The molecule has 0 saturated heterocycles. The maximum Gasteiger partial charge on any atom is 0.319 e. The molecule has 0 fully saturated rings. The maximum atomic E-state index is 12.9. The number of hydrogen-bond donors (Lipinski definition) is 2. The molecule has 0 saturated carbocycles. The molecule has 0 radical (unpaired) electrons. The molecule has 0 aliphatic carbocycles. The molecule has 0 atom stereocenters. The van der Waals surface area contributed by atoms with Gasteiger partial charge in [-0.05, 0) is 37.3 Å². The number of carbonyl (C=O) groups is 2. The highest BCUT2D eigenvalue weighted by Gasteiger charge is 2.27. The van der Waals surface area contributed by atoms with Crippen molar-refractivity contribution in [3.8, 4) is 11.5 Å². The molecule has 1 aliphatic rings. The van der Waals surface area contributed by atoms with E-state index in [1.807, 2.05) is 31.2 Å². The second kappa shape index (κ2) is 7.09. The summed E-state index contributed by atoms with van der Waals surface area (Å²) >= 11 is 0. The van der Waals surface area contributed by atoms with Gasteiger partial charge in [0.2, 0.25) is 0 Å². The number of para-hydroxylation sites is 2. The van der Waals surface area contributed by atoms with Crippen LogP contribution in [0.5, 0.6) is 11.5 Å². The number of fused-ring (bicyclic) bond motifs is 2. The molecule has 2 aromatic rings. The fourth-order valence-corrected chi connectivity index (χ4v) is 2.66. The highest BCUT2D eigenvalue weighted by atomic mass is 16.5. The minimum Gasteiger partial charge on any atom is -0.454 e. The predicted octanol–water partition coefficient (Wildman–Crippen LogP) is 3.77. The molecule has 3 amide bonds. The first-order chi connectivity index (χ1) is 12.1. The minimum atomic E-state index is -0.363. The molecule has 6 heteroatoms. The van der Waals surface area contributed by atoms with Crippen molar-refractivity contribution in [3.63, 3.8) is 0 Å². The van der Waals surface area contributed by atoms with Crippen molar-refractivity contribution in [2.75, 3.05) is 23.3 Å². The Morgan fingerprint density at radius 3 is 2.80 bits per heavy atom. The molecule has 6 nitrogen and oxygen atoms in total. The van der Waals surface area contributed by atoms with Crippen LogP contribution >= 0.6 is 0 Å². The van der Waals surface area contributed by atoms with E-state index in [2.05, 4.69) is 17.2 Å². The Bertz CT molecular complexity index is 832. The van der Waals surface area contributed by atoms with Gasteiger partial charge in [0.15, 0.2) is 5.75 Å². The maximum absolute atomic E-state index is 12.9. The zero-order valence-electron chi connectivity index (χ0n) is 13.9. The Morgan fingerprint density at radius 1 is 1.24 bits per heavy atom. The first-order valence-corrected chi connectivity index (χ1v) is 8.02. The number of nitrogens with zero attached hydrogens (tertiary/aromatic N) is 1. The quantitative estimate of drug-likeness (QED) is 0.835. The van der Waals surface area contributed by atoms with E-state index >= 15 is 0 Å². The highest BCUT2D eigenvalue weighted by Crippen LogP contribution is 2.39. The van der Waals surface area contributed by atoms with E-state index in [9.17, 15) is 9.59 Å². The molecule has 0 unspecified atom stereocenters. The summed E-state index contributed by atoms with van der Waals surface area (Å²) in [5, 5.41) is 5.32. The number of rotatable bonds is 4. The van der Waals surface area contributed by atoms with Crippen LogP contribution in [0.3, 0.4) is 0 Å². The first-order valence-electron chi connectivity index (χ1n) is 8.02. The van der Waals surface area contributed by atoms with E-state index < -0.39 is 0 Å². The van der Waals surface area contributed by atoms with Gasteiger partial charge in [0.1, 0.15) is 5.75 Å². The number of amides is 3. The van der Waals surface area contributed by atoms with Crippen molar-refractivity contribution >= 4 is 23.3 Å². The normalized spacial score (nSPS) is 12.4. The van der Waals surface area contributed by atoms with Crippen molar-refractivity contribution < 1.29 is 14.3 Å². The third-order valence-corrected chi connectivity index (χ3v) is 3.81. The van der Waals surface area contributed by atoms with Crippen molar-refractivity contribution in [2.24, 2.45) is 0 Å². The van der Waals surface area contributed by atoms with E-state index in [1.165, 1.54) is 0 Å². The second-order valence-corrected chi connectivity index (χ2v) is 5.45. The molecule has 3 rings (SSSR count). The van der Waals surface area contributed by atoms with Crippen molar-refractivity contribution in [1.82, 2.24) is 5.32 Å². The summed E-state index contributed by atoms with van der Waals surface area (Å²) in [6.45, 7) is 6.32. The third kappa shape index (κ3) is 3.33. The Morgan fingerprint density at radius 2 is 2.04 bits per heavy atom. The molecule has 128 valence electrons. The van der Waals surface area contributed by atoms with E-state index in [4.69, 9.17) is 4.74 Å². The number of urea groups is 1. The molecule has 25 heavy (non-hydrogen) atoms. The summed E-state index contributed by atoms with van der Waals surface area (Å²) in [5.74, 6) is 0.920. The second-order valence-electron chi connectivity index (χ2n) is 5.45. The van der Waals surface area contributed by atoms with Crippen LogP contribution in [0.25, 0.3) is 0 Å². The lowest BCUT2D eigenvalue weighted by Gasteiger charge is -2.19. The van der Waals surface area contributed by atoms with Crippen LogP contribution in [-0.4, -0.2) is 25.0 Å². The van der Waals surface area contributed by atoms with Crippen LogP contribution in [0, 0.1) is 0 Å². The summed E-state index contributed by atoms with van der Waals surface area (Å²) < 4.78 is 5.93. The predicted molar refractivity (Wildman–Crippen MR) is 97.5 cm³/mol. The summed E-state index contributed by atoms with van der Waals surface area (Å²) in [6.07, 6.45) is 1.59. The average Bonchev–Trinajstić information content (AvgIpc) is 2.74. The van der Waals surface area contributed by atoms with Crippen molar-refractivity contribution in [1.29, 1.82) is 0 Å². The summed E-state index contributed by atoms with van der Waals surface area (Å²) in [4.78, 5) is 26.4. The van der Waals surface area contributed by atoms with E-state index in [0.717, 1.165) is 5.69 Å². The Hall–Kier alpha value is -3.28. The van der Waals surface area contributed by atoms with Gasteiger partial charge < -0.3 is 20.3 Å². The zero-order valence-corrected chi connectivity index (χ0v) is 13.9. The SMILES string of the molecule is C=CCNC(=O)Nc1ccc2c(c1)C(=O)N(CC)c1ccccc1O2. The standard InChI is InChI=1S/C19H19N3O3/c1-3-11-20-19(24)21-13-9-10-16-14(12-13)18(23)22(4-2)15-7-5-6-8-17(15)25-16/h3,5-10,12H,1,4,11H2,2H3,(H2,20,21,24). The fourth-order valence-electron chi connectivity index (χ4n) is 2.66. The largest absolute Gasteiger partial charge is 0.454 e. The third-order valence-electron chi connectivity index (χ3n) is 3.81. The molecule has 1 aliphatic heterocycles. The number of nitrogens with one attached hydrogen (secondary N) is 2. The van der Waals surface area contributed by atoms with Gasteiger partial charge in [0.05, 0.1) is 11.3 Å². The Balaban J connectivity index is 1.94. The van der Waals surface area contributed by atoms with Crippen LogP contribution < -0.4 is 20.3 Å². The van der Waals surface area contributed by atoms with Gasteiger partial charge >= 0.3 is 6.03 Å². The van der Waals surface area contributed by atoms with Gasteiger partial charge in [-0.25, -0.2) is 4.79 Å². The lowest BCUT2D eigenvalue weighted by molar-refractivity contribution is 0.0988. The van der Waals surface area contributed by atoms with Crippen molar-refractivity contribution in [3.05, 3.63) is 60.7 Å². The lowest BCUT2D eigenvalue weighted by Crippen LogP contribution is -2.30. The molecule has 0 bridgehead atoms. The first kappa shape index (κ1) is 16.6. The average molecular weight is 337 g/mol. The Kier molecular flexibility index (Phi) is 4.70. The van der Waals surface area contributed by atoms with Crippen molar-refractivity contribution in [2.45, 2.75) is 6.92 Å². The van der Waals surface area contributed by atoms with Crippen LogP contribution in [0.1, 0.15) is 17.3 Å². The molecule has 1 heterocycles. The summed E-state index contributed by atoms with van der Waals surface area (Å²) in [6, 6.07) is 12.1. The van der Waals surface area contributed by atoms with Gasteiger partial charge in [-0.15, -0.1) is 6.58 Å². The molecular formula is C19H19N3O3. The van der Waals surface area contributed by atoms with Crippen LogP contribution in [0.2, 0.25) is 0 Å². The van der Waals surface area contributed by atoms with Gasteiger partial charge in [-0.1, -0.05) is 18.2 Å². The van der Waals surface area contributed by atoms with Gasteiger partial charge in [-0.3, -0.25) is 4.79 Å². The minimum absolute atomic E-state index is 0.169. The molecule has 2 aromatic carbocycles. The zero-order chi connectivity index (χ0) is 17.8. The van der Waals surface area contributed by atoms with Gasteiger partial charge in [-0.2, -0.15) is 0 Å². The summed E-state index contributed by atoms with van der Waals surface area (Å²) in [7, 11) is 0. The Labute approximate surface area is 146 Å². The molecular weight excluding hydrogens is 318 g/mol. The fraction of sp³-hybridized carbons (Fsp3) is 0.158. The van der Waals surface area contributed by atoms with E-state index in [-0.39, 0.29) is 11.9 Å². The number of benzene rings is 2.